The molecule has 3 rings (SSSR count). The Bertz CT molecular complexity index is 146. The van der Waals surface area contributed by atoms with E-state index in [0.717, 1.165) is 23.8 Å². The summed E-state index contributed by atoms with van der Waals surface area (Å²) in [6.07, 6.45) is 4.31. The lowest BCUT2D eigenvalue weighted by atomic mass is 9.78. The van der Waals surface area contributed by atoms with Crippen LogP contribution in [0.4, 0.5) is 0 Å². The highest BCUT2D eigenvalue weighted by atomic mass is 31.0. The molecule has 1 saturated carbocycles. The average molecular weight is 201 g/mol. The van der Waals surface area contributed by atoms with Gasteiger partial charge in [0, 0.05) is 18.1 Å². The van der Waals surface area contributed by atoms with Crippen LogP contribution in [0.15, 0.2) is 0 Å². The number of hydrogen-bond donors (Lipinski definition) is 0. The van der Waals surface area contributed by atoms with Gasteiger partial charge in [0.1, 0.15) is 0 Å². The second-order valence-corrected chi connectivity index (χ2v) is 5.26. The third-order valence-electron chi connectivity index (χ3n) is 3.13. The highest BCUT2D eigenvalue weighted by Crippen LogP contribution is 2.42. The largest absolute Gasteiger partial charge is 0.295 e. The number of piperidine rings is 1. The minimum absolute atomic E-state index is 0.774. The first-order valence-corrected chi connectivity index (χ1v) is 6.38. The van der Waals surface area contributed by atoms with Crippen molar-refractivity contribution >= 4 is 9.24 Å². The summed E-state index contributed by atoms with van der Waals surface area (Å²) in [5.74, 6) is 0. The first-order valence-electron chi connectivity index (χ1n) is 5.71. The van der Waals surface area contributed by atoms with Gasteiger partial charge in [-0.25, -0.2) is 0 Å². The molecule has 0 N–H and O–H groups in total. The molecule has 2 bridgehead atoms. The smallest absolute Gasteiger partial charge is 0.0122 e. The maximum atomic E-state index is 2.98. The van der Waals surface area contributed by atoms with E-state index in [9.17, 15) is 0 Å². The summed E-state index contributed by atoms with van der Waals surface area (Å²) < 4.78 is 0. The SMILES string of the molecule is CC.CC(C)N1C2CC(P)CC1C2. The predicted octanol–water partition coefficient (Wildman–Crippen LogP) is 2.90. The van der Waals surface area contributed by atoms with Gasteiger partial charge in [0.15, 0.2) is 0 Å². The second kappa shape index (κ2) is 4.75. The Morgan fingerprint density at radius 1 is 1.08 bits per heavy atom. The van der Waals surface area contributed by atoms with Crippen LogP contribution < -0.4 is 0 Å². The van der Waals surface area contributed by atoms with Crippen LogP contribution >= 0.6 is 9.24 Å². The fourth-order valence-electron chi connectivity index (χ4n) is 2.79. The van der Waals surface area contributed by atoms with E-state index < -0.39 is 0 Å². The van der Waals surface area contributed by atoms with Gasteiger partial charge in [-0.15, -0.1) is 9.24 Å². The van der Waals surface area contributed by atoms with Crippen molar-refractivity contribution in [2.45, 2.75) is 70.7 Å². The van der Waals surface area contributed by atoms with E-state index in [1.807, 2.05) is 13.8 Å². The Morgan fingerprint density at radius 3 is 1.92 bits per heavy atom. The van der Waals surface area contributed by atoms with E-state index in [0.29, 0.717) is 0 Å². The predicted molar refractivity (Wildman–Crippen MR) is 63.2 cm³/mol. The van der Waals surface area contributed by atoms with Crippen LogP contribution in [0.25, 0.3) is 0 Å². The summed E-state index contributed by atoms with van der Waals surface area (Å²) in [5.41, 5.74) is 0.911. The molecule has 2 aliphatic heterocycles. The Labute approximate surface area is 85.5 Å². The van der Waals surface area contributed by atoms with Crippen LogP contribution in [0.2, 0.25) is 0 Å². The lowest BCUT2D eigenvalue weighted by molar-refractivity contribution is -0.0485. The van der Waals surface area contributed by atoms with E-state index in [1.165, 1.54) is 19.3 Å². The topological polar surface area (TPSA) is 3.24 Å². The van der Waals surface area contributed by atoms with Crippen LogP contribution in [0.1, 0.15) is 47.0 Å². The molecular weight excluding hydrogens is 177 g/mol. The monoisotopic (exact) mass is 201 g/mol. The van der Waals surface area contributed by atoms with E-state index >= 15 is 0 Å². The molecule has 1 nitrogen and oxygen atoms in total. The summed E-state index contributed by atoms with van der Waals surface area (Å²) in [6, 6.07) is 2.63. The maximum Gasteiger partial charge on any atom is 0.0122 e. The molecule has 1 aliphatic carbocycles. The lowest BCUT2D eigenvalue weighted by Gasteiger charge is -2.57. The van der Waals surface area contributed by atoms with Crippen LogP contribution in [-0.4, -0.2) is 28.7 Å². The van der Waals surface area contributed by atoms with Crippen molar-refractivity contribution in [2.24, 2.45) is 0 Å². The fraction of sp³-hybridized carbons (Fsp3) is 1.00. The first-order chi connectivity index (χ1) is 6.18. The molecule has 0 spiro atoms. The van der Waals surface area contributed by atoms with Gasteiger partial charge < -0.3 is 0 Å². The summed E-state index contributed by atoms with van der Waals surface area (Å²) in [5, 5.41) is 0. The van der Waals surface area contributed by atoms with Crippen molar-refractivity contribution in [1.29, 1.82) is 0 Å². The highest BCUT2D eigenvalue weighted by molar-refractivity contribution is 7.17. The Morgan fingerprint density at radius 2 is 1.54 bits per heavy atom. The normalized spacial score (nSPS) is 37.8. The molecule has 3 atom stereocenters. The van der Waals surface area contributed by atoms with Crippen LogP contribution in [0, 0.1) is 0 Å². The molecular formula is C11H24NP. The summed E-state index contributed by atoms with van der Waals surface area (Å²) in [7, 11) is 2.98. The molecule has 0 aromatic heterocycles. The molecule has 0 aromatic carbocycles. The van der Waals surface area contributed by atoms with E-state index in [2.05, 4.69) is 28.0 Å². The fourth-order valence-corrected chi connectivity index (χ4v) is 3.42. The second-order valence-electron chi connectivity index (χ2n) is 4.32. The van der Waals surface area contributed by atoms with Gasteiger partial charge >= 0.3 is 0 Å². The van der Waals surface area contributed by atoms with Crippen molar-refractivity contribution in [1.82, 2.24) is 4.90 Å². The van der Waals surface area contributed by atoms with E-state index in [-0.39, 0.29) is 0 Å². The summed E-state index contributed by atoms with van der Waals surface area (Å²) in [4.78, 5) is 2.70. The molecule has 13 heavy (non-hydrogen) atoms. The number of rotatable bonds is 1. The Balaban J connectivity index is 0.000000396. The maximum absolute atomic E-state index is 2.98. The van der Waals surface area contributed by atoms with Crippen LogP contribution in [0.3, 0.4) is 0 Å². The van der Waals surface area contributed by atoms with Gasteiger partial charge in [-0.2, -0.15) is 0 Å². The van der Waals surface area contributed by atoms with Gasteiger partial charge in [0.2, 0.25) is 0 Å². The van der Waals surface area contributed by atoms with Crippen molar-refractivity contribution in [2.75, 3.05) is 0 Å². The zero-order valence-corrected chi connectivity index (χ0v) is 10.6. The van der Waals surface area contributed by atoms with Gasteiger partial charge in [-0.1, -0.05) is 13.8 Å². The molecule has 2 heterocycles. The molecule has 3 aliphatic rings. The molecule has 0 aromatic rings. The molecule has 2 heteroatoms. The molecule has 0 amide bonds. The lowest BCUT2D eigenvalue weighted by Crippen LogP contribution is -2.63. The van der Waals surface area contributed by atoms with Gasteiger partial charge in [0.05, 0.1) is 0 Å². The molecule has 3 unspecified atom stereocenters. The van der Waals surface area contributed by atoms with Gasteiger partial charge in [0.25, 0.3) is 0 Å². The molecule has 3 fully saturated rings. The van der Waals surface area contributed by atoms with Crippen LogP contribution in [0.5, 0.6) is 0 Å². The zero-order valence-electron chi connectivity index (χ0n) is 9.46. The minimum atomic E-state index is 0.774. The Hall–Kier alpha value is 0.390. The van der Waals surface area contributed by atoms with E-state index in [4.69, 9.17) is 0 Å². The van der Waals surface area contributed by atoms with Crippen molar-refractivity contribution < 1.29 is 0 Å². The van der Waals surface area contributed by atoms with Crippen LogP contribution in [-0.2, 0) is 0 Å². The molecule has 78 valence electrons. The minimum Gasteiger partial charge on any atom is -0.295 e. The summed E-state index contributed by atoms with van der Waals surface area (Å²) in [6.45, 7) is 8.64. The number of hydrogen-bond acceptors (Lipinski definition) is 1. The van der Waals surface area contributed by atoms with Gasteiger partial charge in [-0.05, 0) is 38.8 Å². The third-order valence-corrected chi connectivity index (χ3v) is 3.68. The molecule has 2 saturated heterocycles. The van der Waals surface area contributed by atoms with E-state index in [1.54, 1.807) is 0 Å². The van der Waals surface area contributed by atoms with Crippen molar-refractivity contribution in [3.63, 3.8) is 0 Å². The summed E-state index contributed by atoms with van der Waals surface area (Å²) >= 11 is 0. The van der Waals surface area contributed by atoms with Crippen molar-refractivity contribution in [3.8, 4) is 0 Å². The number of fused-ring (bicyclic) bond motifs is 2. The first kappa shape index (κ1) is 11.5. The Kier molecular flexibility index (Phi) is 4.19. The number of nitrogens with zero attached hydrogens (tertiary/aromatic N) is 1. The highest BCUT2D eigenvalue weighted by Gasteiger charge is 2.44. The zero-order chi connectivity index (χ0) is 10.0. The van der Waals surface area contributed by atoms with Crippen molar-refractivity contribution in [3.05, 3.63) is 0 Å². The average Bonchev–Trinajstić information content (AvgIpc) is 2.05. The quantitative estimate of drug-likeness (QED) is 0.590. The molecule has 0 radical (unpaired) electrons. The van der Waals surface area contributed by atoms with Gasteiger partial charge in [-0.3, -0.25) is 4.90 Å². The third kappa shape index (κ3) is 2.25. The standard InChI is InChI=1S/C9H18NP.C2H6/c1-6(2)10-7-3-8(10)5-9(11)4-7;1-2/h6-9H,3-5,11H2,1-2H3;1-2H3.